The lowest BCUT2D eigenvalue weighted by Gasteiger charge is -2.19. The average molecular weight is 201 g/mol. The largest absolute Gasteiger partial charge is 0.356 e. The molecule has 1 atom stereocenters. The van der Waals surface area contributed by atoms with Crippen molar-refractivity contribution in [3.63, 3.8) is 0 Å². The smallest absolute Gasteiger partial charge is 0.220 e. The molecular weight excluding hydrogens is 187 g/mol. The molecule has 0 aromatic heterocycles. The number of carbonyl (C=O) groups excluding carboxylic acids is 1. The third-order valence-corrected chi connectivity index (χ3v) is 1.68. The molecule has 1 aliphatic rings. The van der Waals surface area contributed by atoms with Crippen LogP contribution >= 0.6 is 24.8 Å². The Hall–Kier alpha value is 0.01000. The van der Waals surface area contributed by atoms with Crippen molar-refractivity contribution in [1.82, 2.24) is 5.32 Å². The van der Waals surface area contributed by atoms with E-state index in [9.17, 15) is 4.79 Å². The number of nitrogens with one attached hydrogen (secondary N) is 1. The van der Waals surface area contributed by atoms with Crippen LogP contribution in [0.2, 0.25) is 0 Å². The van der Waals surface area contributed by atoms with Crippen molar-refractivity contribution >= 4 is 30.7 Å². The van der Waals surface area contributed by atoms with Gasteiger partial charge in [0.2, 0.25) is 5.91 Å². The zero-order valence-corrected chi connectivity index (χ0v) is 7.84. The molecule has 68 valence electrons. The van der Waals surface area contributed by atoms with Gasteiger partial charge in [-0.15, -0.1) is 24.8 Å². The van der Waals surface area contributed by atoms with Crippen molar-refractivity contribution in [3.05, 3.63) is 0 Å². The molecule has 1 unspecified atom stereocenters. The average Bonchev–Trinajstić information content (AvgIpc) is 1.88. The van der Waals surface area contributed by atoms with Gasteiger partial charge in [0, 0.05) is 13.0 Å². The van der Waals surface area contributed by atoms with E-state index in [1.807, 2.05) is 0 Å². The molecule has 0 radical (unpaired) electrons. The van der Waals surface area contributed by atoms with Crippen molar-refractivity contribution in [3.8, 4) is 0 Å². The third-order valence-electron chi connectivity index (χ3n) is 1.68. The Bertz CT molecular complexity index is 121. The molecule has 3 N–H and O–H groups in total. The van der Waals surface area contributed by atoms with E-state index in [-0.39, 0.29) is 30.7 Å². The van der Waals surface area contributed by atoms with Gasteiger partial charge in [-0.2, -0.15) is 0 Å². The molecule has 0 spiro atoms. The second kappa shape index (κ2) is 6.70. The highest BCUT2D eigenvalue weighted by atomic mass is 35.5. The van der Waals surface area contributed by atoms with Crippen LogP contribution in [0, 0.1) is 5.92 Å². The molecule has 1 aliphatic heterocycles. The minimum absolute atomic E-state index is 0. The highest BCUT2D eigenvalue weighted by Crippen LogP contribution is 2.09. The van der Waals surface area contributed by atoms with Crippen LogP contribution < -0.4 is 11.1 Å². The first-order valence-electron chi connectivity index (χ1n) is 3.29. The van der Waals surface area contributed by atoms with Gasteiger partial charge >= 0.3 is 0 Å². The van der Waals surface area contributed by atoms with E-state index in [1.54, 1.807) is 0 Å². The SMILES string of the molecule is Cl.Cl.NCC1CCNC(=O)C1. The summed E-state index contributed by atoms with van der Waals surface area (Å²) in [5.41, 5.74) is 5.39. The van der Waals surface area contributed by atoms with E-state index in [4.69, 9.17) is 5.73 Å². The summed E-state index contributed by atoms with van der Waals surface area (Å²) in [6, 6.07) is 0. The number of carbonyl (C=O) groups is 1. The van der Waals surface area contributed by atoms with E-state index < -0.39 is 0 Å². The Kier molecular flexibility index (Phi) is 8.28. The number of amides is 1. The second-order valence-corrected chi connectivity index (χ2v) is 2.44. The minimum atomic E-state index is 0. The molecule has 5 heteroatoms. The predicted octanol–water partition coefficient (Wildman–Crippen LogP) is 0.315. The number of hydrogen-bond donors (Lipinski definition) is 2. The standard InChI is InChI=1S/C6H12N2O.2ClH/c7-4-5-1-2-8-6(9)3-5;;/h5H,1-4,7H2,(H,8,9);2*1H. The van der Waals surface area contributed by atoms with E-state index in [1.165, 1.54) is 0 Å². The van der Waals surface area contributed by atoms with Gasteiger partial charge < -0.3 is 11.1 Å². The maximum absolute atomic E-state index is 10.7. The molecular formula is C6H14Cl2N2O. The molecule has 0 aromatic rings. The third kappa shape index (κ3) is 4.45. The monoisotopic (exact) mass is 200 g/mol. The predicted molar refractivity (Wildman–Crippen MR) is 49.3 cm³/mol. The van der Waals surface area contributed by atoms with Gasteiger partial charge in [0.1, 0.15) is 0 Å². The molecule has 0 aromatic carbocycles. The zero-order valence-electron chi connectivity index (χ0n) is 6.21. The van der Waals surface area contributed by atoms with Crippen LogP contribution in [-0.2, 0) is 4.79 Å². The molecule has 1 rings (SSSR count). The van der Waals surface area contributed by atoms with Gasteiger partial charge in [-0.25, -0.2) is 0 Å². The molecule has 1 saturated heterocycles. The number of piperidine rings is 1. The number of hydrogen-bond acceptors (Lipinski definition) is 2. The zero-order chi connectivity index (χ0) is 6.69. The normalized spacial score (nSPS) is 22.6. The number of rotatable bonds is 1. The first-order valence-corrected chi connectivity index (χ1v) is 3.29. The summed E-state index contributed by atoms with van der Waals surface area (Å²) in [5.74, 6) is 0.579. The Labute approximate surface area is 78.9 Å². The Morgan fingerprint density at radius 2 is 2.18 bits per heavy atom. The fraction of sp³-hybridized carbons (Fsp3) is 0.833. The van der Waals surface area contributed by atoms with Gasteiger partial charge in [-0.1, -0.05) is 0 Å². The van der Waals surface area contributed by atoms with Crippen LogP contribution in [-0.4, -0.2) is 19.0 Å². The summed E-state index contributed by atoms with van der Waals surface area (Å²) in [6.07, 6.45) is 1.67. The van der Waals surface area contributed by atoms with Crippen molar-refractivity contribution in [2.24, 2.45) is 11.7 Å². The highest BCUT2D eigenvalue weighted by Gasteiger charge is 2.16. The molecule has 1 amide bonds. The first-order chi connectivity index (χ1) is 4.33. The summed E-state index contributed by atoms with van der Waals surface area (Å²) in [7, 11) is 0. The van der Waals surface area contributed by atoms with Crippen LogP contribution in [0.25, 0.3) is 0 Å². The lowest BCUT2D eigenvalue weighted by molar-refractivity contribution is -0.123. The van der Waals surface area contributed by atoms with Crippen molar-refractivity contribution in [2.45, 2.75) is 12.8 Å². The van der Waals surface area contributed by atoms with Gasteiger partial charge in [0.05, 0.1) is 0 Å². The highest BCUT2D eigenvalue weighted by molar-refractivity contribution is 5.85. The Morgan fingerprint density at radius 3 is 2.55 bits per heavy atom. The molecule has 1 heterocycles. The van der Waals surface area contributed by atoms with Crippen LogP contribution in [0.4, 0.5) is 0 Å². The Balaban J connectivity index is 0. The van der Waals surface area contributed by atoms with Crippen molar-refractivity contribution < 1.29 is 4.79 Å². The quantitative estimate of drug-likeness (QED) is 0.641. The van der Waals surface area contributed by atoms with Crippen molar-refractivity contribution in [2.75, 3.05) is 13.1 Å². The lowest BCUT2D eigenvalue weighted by atomic mass is 9.98. The van der Waals surface area contributed by atoms with Gasteiger partial charge in [-0.05, 0) is 18.9 Å². The molecule has 3 nitrogen and oxygen atoms in total. The van der Waals surface area contributed by atoms with Crippen LogP contribution in [0.1, 0.15) is 12.8 Å². The molecule has 0 saturated carbocycles. The fourth-order valence-corrected chi connectivity index (χ4v) is 1.05. The molecule has 0 bridgehead atoms. The number of nitrogens with two attached hydrogens (primary N) is 1. The van der Waals surface area contributed by atoms with Crippen molar-refractivity contribution in [1.29, 1.82) is 0 Å². The molecule has 0 aliphatic carbocycles. The van der Waals surface area contributed by atoms with Gasteiger partial charge in [0.15, 0.2) is 0 Å². The fourth-order valence-electron chi connectivity index (χ4n) is 1.05. The summed E-state index contributed by atoms with van der Waals surface area (Å²) >= 11 is 0. The van der Waals surface area contributed by atoms with E-state index >= 15 is 0 Å². The van der Waals surface area contributed by atoms with Crippen LogP contribution in [0.5, 0.6) is 0 Å². The van der Waals surface area contributed by atoms with E-state index in [0.717, 1.165) is 13.0 Å². The van der Waals surface area contributed by atoms with Crippen LogP contribution in [0.15, 0.2) is 0 Å². The van der Waals surface area contributed by atoms with E-state index in [0.29, 0.717) is 18.9 Å². The molecule has 11 heavy (non-hydrogen) atoms. The van der Waals surface area contributed by atoms with Gasteiger partial charge in [-0.3, -0.25) is 4.79 Å². The van der Waals surface area contributed by atoms with Gasteiger partial charge in [0.25, 0.3) is 0 Å². The first kappa shape index (κ1) is 13.6. The topological polar surface area (TPSA) is 55.1 Å². The summed E-state index contributed by atoms with van der Waals surface area (Å²) in [4.78, 5) is 10.7. The Morgan fingerprint density at radius 1 is 1.55 bits per heavy atom. The molecule has 1 fully saturated rings. The summed E-state index contributed by atoms with van der Waals surface area (Å²) in [5, 5.41) is 2.75. The maximum Gasteiger partial charge on any atom is 0.220 e. The maximum atomic E-state index is 10.7. The van der Waals surface area contributed by atoms with E-state index in [2.05, 4.69) is 5.32 Å². The number of halogens is 2. The van der Waals surface area contributed by atoms with Crippen LogP contribution in [0.3, 0.4) is 0 Å². The lowest BCUT2D eigenvalue weighted by Crippen LogP contribution is -2.36. The minimum Gasteiger partial charge on any atom is -0.356 e. The summed E-state index contributed by atoms with van der Waals surface area (Å²) in [6.45, 7) is 1.45. The second-order valence-electron chi connectivity index (χ2n) is 2.44. The summed E-state index contributed by atoms with van der Waals surface area (Å²) < 4.78 is 0.